The monoisotopic (exact) mass is 383 g/mol. The molecule has 8 heteroatoms. The second kappa shape index (κ2) is 7.03. The lowest BCUT2D eigenvalue weighted by molar-refractivity contribution is -0.149. The van der Waals surface area contributed by atoms with Crippen molar-refractivity contribution in [3.05, 3.63) is 48.4 Å². The average molecular weight is 383 g/mol. The minimum atomic E-state index is -0.811. The van der Waals surface area contributed by atoms with Crippen molar-refractivity contribution in [3.8, 4) is 0 Å². The minimum absolute atomic E-state index is 0.0105. The van der Waals surface area contributed by atoms with Gasteiger partial charge in [0, 0.05) is 24.5 Å². The number of carbonyl (C=O) groups excluding carboxylic acids is 2. The molecular formula is C20H21N3O5. The molecule has 3 N–H and O–H groups in total. The number of aliphatic carboxylic acids is 1. The summed E-state index contributed by atoms with van der Waals surface area (Å²) in [5, 5.41) is 15.2. The lowest BCUT2D eigenvalue weighted by Gasteiger charge is -2.23. The molecule has 0 spiro atoms. The molecule has 2 atom stereocenters. The number of likely N-dealkylation sites (tertiary alicyclic amines) is 1. The SMILES string of the molecule is O=C(Nc1cccc(NC(=O)N2C[C@@H]3CCC[C@@]3(C(=O)O)C2)c1)c1ccoc1. The maximum Gasteiger partial charge on any atom is 0.321 e. The number of furan rings is 1. The van der Waals surface area contributed by atoms with Crippen molar-refractivity contribution in [1.82, 2.24) is 4.90 Å². The van der Waals surface area contributed by atoms with Crippen LogP contribution in [-0.4, -0.2) is 41.0 Å². The number of amides is 3. The summed E-state index contributed by atoms with van der Waals surface area (Å²) in [4.78, 5) is 38.1. The number of nitrogens with one attached hydrogen (secondary N) is 2. The van der Waals surface area contributed by atoms with Crippen molar-refractivity contribution in [2.75, 3.05) is 23.7 Å². The Morgan fingerprint density at radius 1 is 1.18 bits per heavy atom. The van der Waals surface area contributed by atoms with Gasteiger partial charge in [-0.15, -0.1) is 0 Å². The molecule has 8 nitrogen and oxygen atoms in total. The average Bonchev–Trinajstić information content (AvgIpc) is 3.37. The molecule has 28 heavy (non-hydrogen) atoms. The number of hydrogen-bond acceptors (Lipinski definition) is 4. The molecule has 1 aliphatic carbocycles. The van der Waals surface area contributed by atoms with Gasteiger partial charge in [0.2, 0.25) is 0 Å². The van der Waals surface area contributed by atoms with Crippen LogP contribution in [0.5, 0.6) is 0 Å². The van der Waals surface area contributed by atoms with E-state index in [0.29, 0.717) is 29.9 Å². The molecule has 2 fully saturated rings. The fourth-order valence-corrected chi connectivity index (χ4v) is 4.27. The number of benzene rings is 1. The number of carboxylic acid groups (broad SMARTS) is 1. The number of urea groups is 1. The van der Waals surface area contributed by atoms with Crippen LogP contribution in [0.15, 0.2) is 47.3 Å². The fourth-order valence-electron chi connectivity index (χ4n) is 4.27. The topological polar surface area (TPSA) is 112 Å². The molecule has 2 aromatic rings. The van der Waals surface area contributed by atoms with Gasteiger partial charge in [-0.05, 0) is 43.0 Å². The van der Waals surface area contributed by atoms with Gasteiger partial charge in [-0.3, -0.25) is 9.59 Å². The molecule has 2 heterocycles. The maximum atomic E-state index is 12.7. The van der Waals surface area contributed by atoms with Crippen LogP contribution in [0.3, 0.4) is 0 Å². The summed E-state index contributed by atoms with van der Waals surface area (Å²) < 4.78 is 4.90. The van der Waals surface area contributed by atoms with Crippen LogP contribution in [0.1, 0.15) is 29.6 Å². The number of carboxylic acids is 1. The van der Waals surface area contributed by atoms with Gasteiger partial charge >= 0.3 is 12.0 Å². The van der Waals surface area contributed by atoms with Crippen molar-refractivity contribution < 1.29 is 23.9 Å². The van der Waals surface area contributed by atoms with Gasteiger partial charge in [-0.2, -0.15) is 0 Å². The minimum Gasteiger partial charge on any atom is -0.481 e. The summed E-state index contributed by atoms with van der Waals surface area (Å²) >= 11 is 0. The quantitative estimate of drug-likeness (QED) is 0.750. The molecule has 1 saturated carbocycles. The number of hydrogen-bond donors (Lipinski definition) is 3. The normalized spacial score (nSPS) is 23.3. The molecule has 0 bridgehead atoms. The molecule has 2 aliphatic rings. The zero-order chi connectivity index (χ0) is 19.7. The Bertz CT molecular complexity index is 910. The highest BCUT2D eigenvalue weighted by molar-refractivity contribution is 6.04. The van der Waals surface area contributed by atoms with E-state index in [1.54, 1.807) is 35.2 Å². The summed E-state index contributed by atoms with van der Waals surface area (Å²) in [5.74, 6) is -1.11. The molecule has 1 aromatic carbocycles. The lowest BCUT2D eigenvalue weighted by atomic mass is 9.81. The lowest BCUT2D eigenvalue weighted by Crippen LogP contribution is -2.38. The van der Waals surface area contributed by atoms with Crippen LogP contribution in [0.25, 0.3) is 0 Å². The molecule has 0 unspecified atom stereocenters. The Kier molecular flexibility index (Phi) is 4.54. The van der Waals surface area contributed by atoms with Crippen LogP contribution in [0, 0.1) is 11.3 Å². The first-order chi connectivity index (χ1) is 13.5. The third-order valence-corrected chi connectivity index (χ3v) is 5.74. The van der Waals surface area contributed by atoms with Crippen LogP contribution in [0.4, 0.5) is 16.2 Å². The van der Waals surface area contributed by atoms with E-state index < -0.39 is 11.4 Å². The predicted octanol–water partition coefficient (Wildman–Crippen LogP) is 3.25. The zero-order valence-electron chi connectivity index (χ0n) is 15.2. The number of fused-ring (bicyclic) bond motifs is 1. The third-order valence-electron chi connectivity index (χ3n) is 5.74. The van der Waals surface area contributed by atoms with E-state index in [4.69, 9.17) is 4.42 Å². The first kappa shape index (κ1) is 18.1. The first-order valence-electron chi connectivity index (χ1n) is 9.21. The van der Waals surface area contributed by atoms with E-state index in [2.05, 4.69) is 10.6 Å². The van der Waals surface area contributed by atoms with Crippen molar-refractivity contribution in [3.63, 3.8) is 0 Å². The highest BCUT2D eigenvalue weighted by atomic mass is 16.4. The Hall–Kier alpha value is -3.29. The Balaban J connectivity index is 1.41. The van der Waals surface area contributed by atoms with E-state index >= 15 is 0 Å². The fraction of sp³-hybridized carbons (Fsp3) is 0.350. The molecule has 146 valence electrons. The third kappa shape index (κ3) is 3.21. The second-order valence-corrected chi connectivity index (χ2v) is 7.41. The van der Waals surface area contributed by atoms with Crippen molar-refractivity contribution in [1.29, 1.82) is 0 Å². The standard InChI is InChI=1S/C20H21N3O5/c24-17(13-6-8-28-11-13)21-15-4-1-5-16(9-15)22-19(27)23-10-14-3-2-7-20(14,12-23)18(25)26/h1,4-6,8-9,11,14H,2-3,7,10,12H2,(H,21,24)(H,22,27)(H,25,26)/t14-,20+/m0/s1. The van der Waals surface area contributed by atoms with E-state index in [-0.39, 0.29) is 24.4 Å². The summed E-state index contributed by atoms with van der Waals surface area (Å²) in [5.41, 5.74) is 0.648. The summed E-state index contributed by atoms with van der Waals surface area (Å²) in [6.07, 6.45) is 5.12. The summed E-state index contributed by atoms with van der Waals surface area (Å²) in [7, 11) is 0. The summed E-state index contributed by atoms with van der Waals surface area (Å²) in [6, 6.07) is 8.04. The highest BCUT2D eigenvalue weighted by Crippen LogP contribution is 2.48. The van der Waals surface area contributed by atoms with Gasteiger partial charge < -0.3 is 25.1 Å². The van der Waals surface area contributed by atoms with Gasteiger partial charge in [0.1, 0.15) is 6.26 Å². The van der Waals surface area contributed by atoms with Gasteiger partial charge in [0.05, 0.1) is 17.2 Å². The van der Waals surface area contributed by atoms with Crippen LogP contribution >= 0.6 is 0 Å². The number of nitrogens with zero attached hydrogens (tertiary/aromatic N) is 1. The van der Waals surface area contributed by atoms with Crippen molar-refractivity contribution >= 4 is 29.3 Å². The molecule has 4 rings (SSSR count). The highest BCUT2D eigenvalue weighted by Gasteiger charge is 2.55. The van der Waals surface area contributed by atoms with E-state index in [1.165, 1.54) is 12.5 Å². The molecule has 0 radical (unpaired) electrons. The zero-order valence-corrected chi connectivity index (χ0v) is 15.2. The smallest absolute Gasteiger partial charge is 0.321 e. The van der Waals surface area contributed by atoms with Crippen molar-refractivity contribution in [2.24, 2.45) is 11.3 Å². The molecule has 3 amide bonds. The second-order valence-electron chi connectivity index (χ2n) is 7.41. The Labute approximate surface area is 161 Å². The molecule has 1 aliphatic heterocycles. The van der Waals surface area contributed by atoms with E-state index in [9.17, 15) is 19.5 Å². The van der Waals surface area contributed by atoms with Gasteiger partial charge in [0.15, 0.2) is 0 Å². The van der Waals surface area contributed by atoms with E-state index in [0.717, 1.165) is 12.8 Å². The summed E-state index contributed by atoms with van der Waals surface area (Å²) in [6.45, 7) is 0.685. The van der Waals surface area contributed by atoms with Crippen LogP contribution in [0.2, 0.25) is 0 Å². The number of anilines is 2. The number of rotatable bonds is 4. The first-order valence-corrected chi connectivity index (χ1v) is 9.21. The van der Waals surface area contributed by atoms with Crippen LogP contribution < -0.4 is 10.6 Å². The predicted molar refractivity (Wildman–Crippen MR) is 101 cm³/mol. The largest absolute Gasteiger partial charge is 0.481 e. The van der Waals surface area contributed by atoms with Gasteiger partial charge in [-0.25, -0.2) is 4.79 Å². The van der Waals surface area contributed by atoms with Crippen LogP contribution in [-0.2, 0) is 4.79 Å². The Morgan fingerprint density at radius 3 is 2.64 bits per heavy atom. The van der Waals surface area contributed by atoms with Crippen molar-refractivity contribution in [2.45, 2.75) is 19.3 Å². The maximum absolute atomic E-state index is 12.7. The molecular weight excluding hydrogens is 362 g/mol. The van der Waals surface area contributed by atoms with Gasteiger partial charge in [-0.1, -0.05) is 12.5 Å². The molecule has 1 aromatic heterocycles. The Morgan fingerprint density at radius 2 is 1.96 bits per heavy atom. The van der Waals surface area contributed by atoms with E-state index in [1.807, 2.05) is 0 Å². The number of carbonyl (C=O) groups is 3. The van der Waals surface area contributed by atoms with Gasteiger partial charge in [0.25, 0.3) is 5.91 Å². The molecule has 1 saturated heterocycles.